The molecule has 7 nitrogen and oxygen atoms in total. The van der Waals surface area contributed by atoms with Crippen molar-refractivity contribution in [3.63, 3.8) is 0 Å². The van der Waals surface area contributed by atoms with Crippen molar-refractivity contribution in [1.82, 2.24) is 20.2 Å². The minimum Gasteiger partial charge on any atom is -0.351 e. The number of rotatable bonds is 2. The summed E-state index contributed by atoms with van der Waals surface area (Å²) in [6.07, 6.45) is -3.31. The number of aromatic nitrogens is 3. The van der Waals surface area contributed by atoms with Gasteiger partial charge in [0.1, 0.15) is 0 Å². The molecule has 0 bridgehead atoms. The normalized spacial score (nSPS) is 18.0. The van der Waals surface area contributed by atoms with Crippen molar-refractivity contribution >= 4 is 17.0 Å². The maximum Gasteiger partial charge on any atom is 0.417 e. The third kappa shape index (κ3) is 3.23. The lowest BCUT2D eigenvalue weighted by Crippen LogP contribution is -2.39. The van der Waals surface area contributed by atoms with Gasteiger partial charge in [-0.25, -0.2) is 4.98 Å². The number of pyridine rings is 1. The summed E-state index contributed by atoms with van der Waals surface area (Å²) in [7, 11) is 0. The molecule has 0 saturated carbocycles. The van der Waals surface area contributed by atoms with Gasteiger partial charge in [-0.15, -0.1) is 0 Å². The summed E-state index contributed by atoms with van der Waals surface area (Å²) in [5, 5.41) is 7.20. The fourth-order valence-corrected chi connectivity index (χ4v) is 3.57. The van der Waals surface area contributed by atoms with Gasteiger partial charge in [0.2, 0.25) is 5.76 Å². The van der Waals surface area contributed by atoms with E-state index in [1.807, 2.05) is 0 Å². The summed E-state index contributed by atoms with van der Waals surface area (Å²) in [5.41, 5.74) is 0.00136. The number of amides is 1. The van der Waals surface area contributed by atoms with Crippen LogP contribution in [-0.4, -0.2) is 39.2 Å². The Balaban J connectivity index is 1.67. The Morgan fingerprint density at radius 1 is 1.21 bits per heavy atom. The van der Waals surface area contributed by atoms with Gasteiger partial charge in [0.15, 0.2) is 0 Å². The van der Waals surface area contributed by atoms with Crippen LogP contribution in [0.3, 0.4) is 0 Å². The quantitative estimate of drug-likeness (QED) is 0.656. The highest BCUT2D eigenvalue weighted by molar-refractivity contribution is 5.91. The van der Waals surface area contributed by atoms with E-state index in [2.05, 4.69) is 15.3 Å². The van der Waals surface area contributed by atoms with Gasteiger partial charge in [-0.05, 0) is 32.8 Å². The highest BCUT2D eigenvalue weighted by Crippen LogP contribution is 2.38. The number of carbonyl (C=O) groups excluding carboxylic acids is 1. The predicted molar refractivity (Wildman–Crippen MR) is 90.7 cm³/mol. The second-order valence-electron chi connectivity index (χ2n) is 6.96. The molecule has 0 radical (unpaired) electrons. The minimum absolute atomic E-state index is 0.114. The Bertz CT molecular complexity index is 1040. The largest absolute Gasteiger partial charge is 0.417 e. The number of alkyl halides is 3. The summed E-state index contributed by atoms with van der Waals surface area (Å²) in [4.78, 5) is 18.4. The second-order valence-corrected chi connectivity index (χ2v) is 6.96. The third-order valence-electron chi connectivity index (χ3n) is 4.91. The number of likely N-dealkylation sites (tertiary alicyclic amines) is 1. The van der Waals surface area contributed by atoms with Crippen molar-refractivity contribution in [2.24, 2.45) is 0 Å². The Hall–Kier alpha value is -2.91. The number of halogens is 3. The number of piperidine rings is 1. The van der Waals surface area contributed by atoms with Gasteiger partial charge in [-0.3, -0.25) is 4.79 Å². The van der Waals surface area contributed by atoms with Crippen molar-refractivity contribution < 1.29 is 27.0 Å². The zero-order valence-electron chi connectivity index (χ0n) is 15.2. The van der Waals surface area contributed by atoms with Crippen LogP contribution in [-0.2, 0) is 6.18 Å². The molecule has 1 aliphatic heterocycles. The molecule has 1 amide bonds. The van der Waals surface area contributed by atoms with E-state index in [1.165, 1.54) is 13.0 Å². The molecule has 0 unspecified atom stereocenters. The molecule has 0 aliphatic carbocycles. The molecule has 0 N–H and O–H groups in total. The van der Waals surface area contributed by atoms with E-state index in [0.29, 0.717) is 25.1 Å². The average Bonchev–Trinajstić information content (AvgIpc) is 3.26. The summed E-state index contributed by atoms with van der Waals surface area (Å²) in [6.45, 7) is 3.88. The highest BCUT2D eigenvalue weighted by atomic mass is 19.4. The molecular formula is C18H17F3N4O3. The zero-order chi connectivity index (χ0) is 20.1. The Morgan fingerprint density at radius 3 is 2.68 bits per heavy atom. The number of carbonyl (C=O) groups is 1. The zero-order valence-corrected chi connectivity index (χ0v) is 15.2. The predicted octanol–water partition coefficient (Wildman–Crippen LogP) is 3.87. The van der Waals surface area contributed by atoms with Gasteiger partial charge >= 0.3 is 6.18 Å². The van der Waals surface area contributed by atoms with E-state index >= 15 is 0 Å². The number of hydrogen-bond acceptors (Lipinski definition) is 6. The first-order valence-electron chi connectivity index (χ1n) is 8.80. The monoisotopic (exact) mass is 394 g/mol. The smallest absolute Gasteiger partial charge is 0.351 e. The highest BCUT2D eigenvalue weighted by Gasteiger charge is 2.37. The molecule has 4 heterocycles. The number of hydrogen-bond donors (Lipinski definition) is 0. The fraction of sp³-hybridized carbons (Fsp3) is 0.444. The molecule has 4 rings (SSSR count). The molecular weight excluding hydrogens is 377 g/mol. The molecule has 0 spiro atoms. The summed E-state index contributed by atoms with van der Waals surface area (Å²) in [5.74, 6) is -0.570. The molecule has 1 fully saturated rings. The van der Waals surface area contributed by atoms with Crippen LogP contribution in [0.15, 0.2) is 21.2 Å². The van der Waals surface area contributed by atoms with Crippen LogP contribution in [0.2, 0.25) is 0 Å². The molecule has 0 aromatic carbocycles. The Labute approximate surface area is 157 Å². The van der Waals surface area contributed by atoms with E-state index in [1.54, 1.807) is 11.8 Å². The Kier molecular flexibility index (Phi) is 4.35. The van der Waals surface area contributed by atoms with E-state index in [-0.39, 0.29) is 46.6 Å². The van der Waals surface area contributed by atoms with E-state index in [9.17, 15) is 18.0 Å². The van der Waals surface area contributed by atoms with Crippen molar-refractivity contribution in [1.29, 1.82) is 0 Å². The summed E-state index contributed by atoms with van der Waals surface area (Å²) in [6, 6.07) is 2.58. The maximum absolute atomic E-state index is 13.6. The van der Waals surface area contributed by atoms with Gasteiger partial charge in [0, 0.05) is 25.1 Å². The standard InChI is InChI=1S/C18H17F3N4O3/c1-9-6-14(27-23-9)17(26)25-5-3-4-11(8-25)13-7-12(18(19,20)21)15-10(2)24-28-16(15)22-13/h6-7,11H,3-5,8H2,1-2H3/t11-/m1/s1. The van der Waals surface area contributed by atoms with Crippen LogP contribution >= 0.6 is 0 Å². The van der Waals surface area contributed by atoms with Crippen LogP contribution in [0, 0.1) is 13.8 Å². The van der Waals surface area contributed by atoms with Crippen molar-refractivity contribution in [2.75, 3.05) is 13.1 Å². The van der Waals surface area contributed by atoms with Crippen LogP contribution in [0.1, 0.15) is 52.0 Å². The molecule has 1 saturated heterocycles. The number of fused-ring (bicyclic) bond motifs is 1. The molecule has 3 aromatic rings. The molecule has 3 aromatic heterocycles. The molecule has 10 heteroatoms. The third-order valence-corrected chi connectivity index (χ3v) is 4.91. The van der Waals surface area contributed by atoms with E-state index < -0.39 is 11.7 Å². The number of nitrogens with zero attached hydrogens (tertiary/aromatic N) is 4. The van der Waals surface area contributed by atoms with Crippen LogP contribution in [0.4, 0.5) is 13.2 Å². The van der Waals surface area contributed by atoms with Crippen molar-refractivity contribution in [2.45, 2.75) is 38.8 Å². The summed E-state index contributed by atoms with van der Waals surface area (Å²) < 4.78 is 50.7. The average molecular weight is 394 g/mol. The van der Waals surface area contributed by atoms with Gasteiger partial charge in [0.05, 0.1) is 28.0 Å². The van der Waals surface area contributed by atoms with Gasteiger partial charge in [-0.1, -0.05) is 10.3 Å². The van der Waals surface area contributed by atoms with Crippen LogP contribution in [0.5, 0.6) is 0 Å². The minimum atomic E-state index is -4.56. The molecule has 1 aliphatic rings. The molecule has 1 atom stereocenters. The lowest BCUT2D eigenvalue weighted by Gasteiger charge is -2.32. The van der Waals surface area contributed by atoms with Crippen molar-refractivity contribution in [3.05, 3.63) is 40.5 Å². The Morgan fingerprint density at radius 2 is 2.00 bits per heavy atom. The second kappa shape index (κ2) is 6.61. The molecule has 148 valence electrons. The number of aryl methyl sites for hydroxylation is 2. The maximum atomic E-state index is 13.6. The van der Waals surface area contributed by atoms with E-state index in [4.69, 9.17) is 9.05 Å². The first-order chi connectivity index (χ1) is 13.2. The fourth-order valence-electron chi connectivity index (χ4n) is 3.57. The van der Waals surface area contributed by atoms with Crippen molar-refractivity contribution in [3.8, 4) is 0 Å². The van der Waals surface area contributed by atoms with Gasteiger partial charge < -0.3 is 13.9 Å². The van der Waals surface area contributed by atoms with Gasteiger partial charge in [0.25, 0.3) is 11.6 Å². The topological polar surface area (TPSA) is 85.3 Å². The van der Waals surface area contributed by atoms with Crippen LogP contribution < -0.4 is 0 Å². The summed E-state index contributed by atoms with van der Waals surface area (Å²) >= 11 is 0. The van der Waals surface area contributed by atoms with E-state index in [0.717, 1.165) is 6.07 Å². The SMILES string of the molecule is Cc1cc(C(=O)N2CCC[C@@H](c3cc(C(F)(F)F)c4c(C)noc4n3)C2)on1. The van der Waals surface area contributed by atoms with Crippen LogP contribution in [0.25, 0.3) is 11.1 Å². The molecule has 28 heavy (non-hydrogen) atoms. The lowest BCUT2D eigenvalue weighted by molar-refractivity contribution is -0.136. The lowest BCUT2D eigenvalue weighted by atomic mass is 9.92. The van der Waals surface area contributed by atoms with Gasteiger partial charge in [-0.2, -0.15) is 13.2 Å². The first-order valence-corrected chi connectivity index (χ1v) is 8.80. The first kappa shape index (κ1) is 18.5.